The normalized spacial score (nSPS) is 40.4. The van der Waals surface area contributed by atoms with E-state index in [0.29, 0.717) is 11.2 Å². The molecule has 2 atom stereocenters. The quantitative estimate of drug-likeness (QED) is 0.569. The molecule has 2 N–H and O–H groups in total. The zero-order valence-corrected chi connectivity index (χ0v) is 9.40. The van der Waals surface area contributed by atoms with Crippen molar-refractivity contribution in [1.82, 2.24) is 15.5 Å². The van der Waals surface area contributed by atoms with E-state index in [4.69, 9.17) is 12.2 Å². The number of nitrogens with zero attached hydrogens (tertiary/aromatic N) is 1. The highest BCUT2D eigenvalue weighted by Crippen LogP contribution is 2.36. The summed E-state index contributed by atoms with van der Waals surface area (Å²) in [6, 6.07) is 0.353. The third kappa shape index (κ3) is 1.23. The van der Waals surface area contributed by atoms with Crippen molar-refractivity contribution in [2.24, 2.45) is 0 Å². The van der Waals surface area contributed by atoms with Crippen LogP contribution in [-0.4, -0.2) is 40.6 Å². The molecule has 0 aromatic carbocycles. The molecule has 4 nitrogen and oxygen atoms in total. The number of nitrogens with one attached hydrogen (secondary N) is 2. The topological polar surface area (TPSA) is 44.4 Å². The Labute approximate surface area is 94.4 Å². The molecule has 5 heteroatoms. The zero-order chi connectivity index (χ0) is 10.5. The van der Waals surface area contributed by atoms with E-state index in [1.54, 1.807) is 0 Å². The predicted octanol–water partition coefficient (Wildman–Crippen LogP) is -0.0123. The largest absolute Gasteiger partial charge is 0.347 e. The Kier molecular flexibility index (Phi) is 2.01. The number of hydrogen-bond acceptors (Lipinski definition) is 3. The van der Waals surface area contributed by atoms with Gasteiger partial charge in [-0.2, -0.15) is 0 Å². The Balaban J connectivity index is 1.92. The maximum Gasteiger partial charge on any atom is 0.253 e. The average Bonchev–Trinajstić information content (AvgIpc) is 2.72. The molecule has 82 valence electrons. The first-order valence-electron chi connectivity index (χ1n) is 5.60. The van der Waals surface area contributed by atoms with Crippen LogP contribution >= 0.6 is 12.2 Å². The molecule has 3 heterocycles. The summed E-state index contributed by atoms with van der Waals surface area (Å²) in [5.41, 5.74) is -0.405. The number of thiocarbonyl (C=S) groups is 1. The Morgan fingerprint density at radius 3 is 3.00 bits per heavy atom. The van der Waals surface area contributed by atoms with Crippen molar-refractivity contribution < 1.29 is 4.79 Å². The number of rotatable bonds is 0. The van der Waals surface area contributed by atoms with Crippen molar-refractivity contribution >= 4 is 23.2 Å². The van der Waals surface area contributed by atoms with E-state index in [9.17, 15) is 4.79 Å². The molecule has 0 saturated carbocycles. The fourth-order valence-electron chi connectivity index (χ4n) is 3.22. The number of carbonyl (C=O) groups is 1. The Hall–Kier alpha value is -0.680. The minimum atomic E-state index is -0.405. The number of amides is 1. The van der Waals surface area contributed by atoms with E-state index in [1.807, 2.05) is 0 Å². The van der Waals surface area contributed by atoms with Gasteiger partial charge in [0.15, 0.2) is 5.11 Å². The summed E-state index contributed by atoms with van der Waals surface area (Å²) in [5.74, 6) is 0.0851. The van der Waals surface area contributed by atoms with Crippen molar-refractivity contribution in [2.75, 3.05) is 13.1 Å². The lowest BCUT2D eigenvalue weighted by atomic mass is 9.86. The van der Waals surface area contributed by atoms with Gasteiger partial charge in [-0.1, -0.05) is 6.42 Å². The molecule has 15 heavy (non-hydrogen) atoms. The summed E-state index contributed by atoms with van der Waals surface area (Å²) in [4.78, 5) is 14.4. The highest BCUT2D eigenvalue weighted by molar-refractivity contribution is 7.80. The number of fused-ring (bicyclic) bond motifs is 2. The van der Waals surface area contributed by atoms with Gasteiger partial charge in [-0.05, 0) is 38.0 Å². The lowest BCUT2D eigenvalue weighted by Gasteiger charge is -2.36. The van der Waals surface area contributed by atoms with Gasteiger partial charge in [0.05, 0.1) is 0 Å². The molecule has 0 aromatic rings. The SMILES string of the molecule is O=C1NC(=S)NC12CCN1CCCCC12. The van der Waals surface area contributed by atoms with Crippen LogP contribution in [0.15, 0.2) is 0 Å². The Morgan fingerprint density at radius 1 is 1.40 bits per heavy atom. The molecule has 3 rings (SSSR count). The van der Waals surface area contributed by atoms with Crippen molar-refractivity contribution in [1.29, 1.82) is 0 Å². The Bertz CT molecular complexity index is 333. The molecule has 3 aliphatic heterocycles. The second-order valence-corrected chi connectivity index (χ2v) is 5.09. The van der Waals surface area contributed by atoms with Gasteiger partial charge in [-0.15, -0.1) is 0 Å². The van der Waals surface area contributed by atoms with Gasteiger partial charge in [-0.3, -0.25) is 9.69 Å². The van der Waals surface area contributed by atoms with E-state index in [0.717, 1.165) is 25.9 Å². The van der Waals surface area contributed by atoms with Crippen LogP contribution in [0.1, 0.15) is 25.7 Å². The van der Waals surface area contributed by atoms with Crippen LogP contribution in [0.5, 0.6) is 0 Å². The van der Waals surface area contributed by atoms with Crippen LogP contribution in [-0.2, 0) is 4.79 Å². The van der Waals surface area contributed by atoms with Crippen molar-refractivity contribution in [3.63, 3.8) is 0 Å². The van der Waals surface area contributed by atoms with Gasteiger partial charge in [0.25, 0.3) is 5.91 Å². The molecule has 0 bridgehead atoms. The van der Waals surface area contributed by atoms with Crippen molar-refractivity contribution in [3.05, 3.63) is 0 Å². The Morgan fingerprint density at radius 2 is 2.27 bits per heavy atom. The first-order chi connectivity index (χ1) is 7.22. The highest BCUT2D eigenvalue weighted by Gasteiger charge is 2.56. The number of piperidine rings is 1. The fourth-order valence-corrected chi connectivity index (χ4v) is 3.49. The van der Waals surface area contributed by atoms with Crippen LogP contribution in [0.3, 0.4) is 0 Å². The minimum absolute atomic E-state index is 0.0851. The first kappa shape index (κ1) is 9.54. The summed E-state index contributed by atoms with van der Waals surface area (Å²) in [7, 11) is 0. The molecular formula is C10H15N3OS. The summed E-state index contributed by atoms with van der Waals surface area (Å²) in [6.07, 6.45) is 4.50. The molecule has 3 aliphatic rings. The minimum Gasteiger partial charge on any atom is -0.347 e. The van der Waals surface area contributed by atoms with E-state index in [2.05, 4.69) is 15.5 Å². The molecule has 0 aliphatic carbocycles. The maximum absolute atomic E-state index is 12.0. The van der Waals surface area contributed by atoms with Crippen LogP contribution in [0, 0.1) is 0 Å². The molecule has 1 amide bonds. The first-order valence-corrected chi connectivity index (χ1v) is 6.01. The second-order valence-electron chi connectivity index (χ2n) is 4.68. The average molecular weight is 225 g/mol. The standard InChI is InChI=1S/C10H15N3OS/c14-8-10(12-9(15)11-8)4-6-13-5-2-1-3-7(10)13/h7H,1-6H2,(H2,11,12,14,15). The molecule has 1 spiro atoms. The number of carbonyl (C=O) groups excluding carboxylic acids is 1. The summed E-state index contributed by atoms with van der Waals surface area (Å²) < 4.78 is 0. The predicted molar refractivity (Wildman–Crippen MR) is 60.4 cm³/mol. The van der Waals surface area contributed by atoms with Crippen molar-refractivity contribution in [3.8, 4) is 0 Å². The van der Waals surface area contributed by atoms with Gasteiger partial charge < -0.3 is 10.6 Å². The molecule has 3 fully saturated rings. The number of hydrogen-bond donors (Lipinski definition) is 2. The van der Waals surface area contributed by atoms with E-state index in [1.165, 1.54) is 12.8 Å². The summed E-state index contributed by atoms with van der Waals surface area (Å²) in [6.45, 7) is 2.15. The smallest absolute Gasteiger partial charge is 0.253 e. The van der Waals surface area contributed by atoms with Crippen LogP contribution in [0.25, 0.3) is 0 Å². The molecule has 0 radical (unpaired) electrons. The molecule has 0 aromatic heterocycles. The zero-order valence-electron chi connectivity index (χ0n) is 8.58. The van der Waals surface area contributed by atoms with E-state index < -0.39 is 5.54 Å². The molecular weight excluding hydrogens is 210 g/mol. The van der Waals surface area contributed by atoms with Crippen LogP contribution in [0.4, 0.5) is 0 Å². The maximum atomic E-state index is 12.0. The monoisotopic (exact) mass is 225 g/mol. The highest BCUT2D eigenvalue weighted by atomic mass is 32.1. The van der Waals surface area contributed by atoms with Crippen molar-refractivity contribution in [2.45, 2.75) is 37.3 Å². The van der Waals surface area contributed by atoms with Gasteiger partial charge in [-0.25, -0.2) is 0 Å². The van der Waals surface area contributed by atoms with Gasteiger partial charge in [0.2, 0.25) is 0 Å². The fraction of sp³-hybridized carbons (Fsp3) is 0.800. The third-order valence-corrected chi connectivity index (χ3v) is 4.15. The van der Waals surface area contributed by atoms with Crippen LogP contribution < -0.4 is 10.6 Å². The summed E-state index contributed by atoms with van der Waals surface area (Å²) >= 11 is 5.04. The summed E-state index contributed by atoms with van der Waals surface area (Å²) in [5, 5.41) is 6.45. The second kappa shape index (κ2) is 3.15. The molecule has 3 saturated heterocycles. The lowest BCUT2D eigenvalue weighted by molar-refractivity contribution is -0.125. The molecule has 2 unspecified atom stereocenters. The third-order valence-electron chi connectivity index (χ3n) is 3.94. The van der Waals surface area contributed by atoms with Crippen LogP contribution in [0.2, 0.25) is 0 Å². The van der Waals surface area contributed by atoms with E-state index in [-0.39, 0.29) is 5.91 Å². The van der Waals surface area contributed by atoms with Gasteiger partial charge in [0.1, 0.15) is 5.54 Å². The van der Waals surface area contributed by atoms with Gasteiger partial charge in [0, 0.05) is 12.6 Å². The van der Waals surface area contributed by atoms with E-state index >= 15 is 0 Å². The van der Waals surface area contributed by atoms with Gasteiger partial charge >= 0.3 is 0 Å². The lowest BCUT2D eigenvalue weighted by Crippen LogP contribution is -2.57.